The first-order chi connectivity index (χ1) is 16.9. The molecule has 5 rings (SSSR count). The average Bonchev–Trinajstić information content (AvgIpc) is 3.43. The molecule has 0 aliphatic carbocycles. The summed E-state index contributed by atoms with van der Waals surface area (Å²) in [7, 11) is 0. The van der Waals surface area contributed by atoms with E-state index in [-0.39, 0.29) is 24.8 Å². The molecular weight excluding hydrogens is 440 g/mol. The second-order valence-corrected chi connectivity index (χ2v) is 9.52. The molecule has 1 spiro atoms. The number of amides is 2. The number of carboxylic acid groups (broad SMARTS) is 1. The normalized spacial score (nSPS) is 20.1. The Bertz CT molecular complexity index is 1250. The lowest BCUT2D eigenvalue weighted by Crippen LogP contribution is -2.48. The van der Waals surface area contributed by atoms with E-state index in [9.17, 15) is 19.5 Å². The SMILES string of the molecule is Cc1ccc(C(=O)N2CCCC3(C2)C(=O)N3[C@@H](Cc2ccc(-c3ccccc3)cc2)C(=O)O)cc1. The number of piperidine rings is 1. The van der Waals surface area contributed by atoms with Crippen LogP contribution in [0, 0.1) is 6.92 Å². The highest BCUT2D eigenvalue weighted by atomic mass is 16.4. The molecule has 6 heteroatoms. The van der Waals surface area contributed by atoms with Crippen molar-refractivity contribution in [2.24, 2.45) is 0 Å². The molecule has 6 nitrogen and oxygen atoms in total. The maximum atomic E-state index is 13.1. The highest BCUT2D eigenvalue weighted by Gasteiger charge is 2.67. The summed E-state index contributed by atoms with van der Waals surface area (Å²) in [5, 5.41) is 10.0. The van der Waals surface area contributed by atoms with Crippen LogP contribution in [0.1, 0.15) is 34.3 Å². The molecule has 2 aliphatic heterocycles. The van der Waals surface area contributed by atoms with E-state index < -0.39 is 17.6 Å². The summed E-state index contributed by atoms with van der Waals surface area (Å²) < 4.78 is 0. The Morgan fingerprint density at radius 1 is 0.943 bits per heavy atom. The van der Waals surface area contributed by atoms with Crippen molar-refractivity contribution in [3.05, 3.63) is 95.6 Å². The Morgan fingerprint density at radius 3 is 2.26 bits per heavy atom. The van der Waals surface area contributed by atoms with Gasteiger partial charge in [0.15, 0.2) is 0 Å². The minimum absolute atomic E-state index is 0.118. The van der Waals surface area contributed by atoms with Crippen molar-refractivity contribution in [1.29, 1.82) is 0 Å². The number of carbonyl (C=O) groups is 3. The molecule has 0 bridgehead atoms. The first kappa shape index (κ1) is 22.8. The molecule has 3 aromatic carbocycles. The van der Waals surface area contributed by atoms with Crippen molar-refractivity contribution in [3.8, 4) is 11.1 Å². The third-order valence-corrected chi connectivity index (χ3v) is 7.17. The maximum absolute atomic E-state index is 13.1. The van der Waals surface area contributed by atoms with E-state index in [1.165, 1.54) is 4.90 Å². The zero-order chi connectivity index (χ0) is 24.6. The standard InChI is InChI=1S/C29H28N2O4/c1-20-8-12-24(13-9-20)26(32)30-17-5-16-29(19-30)28(35)31(29)25(27(33)34)18-21-10-14-23(15-11-21)22-6-3-2-4-7-22/h2-4,6-15,25H,5,16-19H2,1H3,(H,33,34)/t25-,29?,31?/m0/s1. The van der Waals surface area contributed by atoms with Gasteiger partial charge >= 0.3 is 5.97 Å². The number of hydrogen-bond acceptors (Lipinski definition) is 3. The summed E-state index contributed by atoms with van der Waals surface area (Å²) in [6.07, 6.45) is 1.46. The van der Waals surface area contributed by atoms with Gasteiger partial charge < -0.3 is 14.9 Å². The molecular formula is C29H28N2O4. The summed E-state index contributed by atoms with van der Waals surface area (Å²) in [5.41, 5.74) is 3.76. The molecule has 3 aromatic rings. The van der Waals surface area contributed by atoms with Gasteiger partial charge in [-0.2, -0.15) is 0 Å². The summed E-state index contributed by atoms with van der Waals surface area (Å²) in [5.74, 6) is -1.32. The van der Waals surface area contributed by atoms with Gasteiger partial charge in [0.25, 0.3) is 11.8 Å². The largest absolute Gasteiger partial charge is 0.480 e. The molecule has 35 heavy (non-hydrogen) atoms. The molecule has 2 heterocycles. The smallest absolute Gasteiger partial charge is 0.326 e. The van der Waals surface area contributed by atoms with E-state index in [1.54, 1.807) is 17.0 Å². The summed E-state index contributed by atoms with van der Waals surface area (Å²) in [6.45, 7) is 2.76. The van der Waals surface area contributed by atoms with Crippen LogP contribution in [0.5, 0.6) is 0 Å². The summed E-state index contributed by atoms with van der Waals surface area (Å²) in [6, 6.07) is 24.2. The van der Waals surface area contributed by atoms with Crippen LogP contribution in [0.2, 0.25) is 0 Å². The third-order valence-electron chi connectivity index (χ3n) is 7.17. The van der Waals surface area contributed by atoms with Crippen LogP contribution in [0.4, 0.5) is 0 Å². The number of rotatable bonds is 6. The highest BCUT2D eigenvalue weighted by molar-refractivity contribution is 6.06. The second kappa shape index (κ2) is 9.02. The van der Waals surface area contributed by atoms with E-state index in [2.05, 4.69) is 0 Å². The van der Waals surface area contributed by atoms with Crippen molar-refractivity contribution in [3.63, 3.8) is 0 Å². The first-order valence-electron chi connectivity index (χ1n) is 12.0. The number of benzene rings is 3. The number of carboxylic acids is 1. The van der Waals surface area contributed by atoms with Gasteiger partial charge in [0.2, 0.25) is 0 Å². The van der Waals surface area contributed by atoms with Crippen LogP contribution in [-0.2, 0) is 16.0 Å². The van der Waals surface area contributed by atoms with E-state index in [1.807, 2.05) is 73.7 Å². The zero-order valence-electron chi connectivity index (χ0n) is 19.7. The van der Waals surface area contributed by atoms with E-state index in [0.717, 1.165) is 22.3 Å². The Kier molecular flexibility index (Phi) is 5.89. The fourth-order valence-electron chi connectivity index (χ4n) is 5.19. The van der Waals surface area contributed by atoms with Crippen molar-refractivity contribution in [1.82, 2.24) is 9.80 Å². The van der Waals surface area contributed by atoms with Crippen molar-refractivity contribution in [2.45, 2.75) is 37.8 Å². The average molecular weight is 469 g/mol. The van der Waals surface area contributed by atoms with Gasteiger partial charge in [0.1, 0.15) is 11.6 Å². The molecule has 178 valence electrons. The van der Waals surface area contributed by atoms with Crippen LogP contribution in [0.3, 0.4) is 0 Å². The molecule has 1 N–H and O–H groups in total. The van der Waals surface area contributed by atoms with Crippen molar-refractivity contribution in [2.75, 3.05) is 13.1 Å². The number of hydrogen-bond donors (Lipinski definition) is 1. The lowest BCUT2D eigenvalue weighted by molar-refractivity contribution is -0.142. The van der Waals surface area contributed by atoms with Gasteiger partial charge in [-0.15, -0.1) is 0 Å². The lowest BCUT2D eigenvalue weighted by Gasteiger charge is -2.33. The topological polar surface area (TPSA) is 77.7 Å². The molecule has 2 fully saturated rings. The fourth-order valence-corrected chi connectivity index (χ4v) is 5.19. The van der Waals surface area contributed by atoms with Gasteiger partial charge in [0.05, 0.1) is 6.54 Å². The van der Waals surface area contributed by atoms with Gasteiger partial charge in [0, 0.05) is 18.5 Å². The number of carbonyl (C=O) groups excluding carboxylic acids is 2. The first-order valence-corrected chi connectivity index (χ1v) is 12.0. The highest BCUT2D eigenvalue weighted by Crippen LogP contribution is 2.45. The van der Waals surface area contributed by atoms with E-state index >= 15 is 0 Å². The van der Waals surface area contributed by atoms with Crippen molar-refractivity contribution >= 4 is 17.8 Å². The summed E-state index contributed by atoms with van der Waals surface area (Å²) in [4.78, 5) is 41.5. The molecule has 2 saturated heterocycles. The quantitative estimate of drug-likeness (QED) is 0.551. The van der Waals surface area contributed by atoms with Crippen LogP contribution in [0.25, 0.3) is 11.1 Å². The maximum Gasteiger partial charge on any atom is 0.326 e. The Labute approximate surface area is 204 Å². The predicted molar refractivity (Wildman–Crippen MR) is 133 cm³/mol. The summed E-state index contributed by atoms with van der Waals surface area (Å²) >= 11 is 0. The number of aryl methyl sites for hydroxylation is 1. The number of nitrogens with zero attached hydrogens (tertiary/aromatic N) is 2. The van der Waals surface area contributed by atoms with Gasteiger partial charge in [-0.05, 0) is 48.6 Å². The second-order valence-electron chi connectivity index (χ2n) is 9.52. The third kappa shape index (κ3) is 4.32. The molecule has 2 amide bonds. The van der Waals surface area contributed by atoms with Crippen molar-refractivity contribution < 1.29 is 19.5 Å². The molecule has 0 saturated carbocycles. The van der Waals surface area contributed by atoms with Crippen LogP contribution < -0.4 is 0 Å². The van der Waals surface area contributed by atoms with Crippen LogP contribution >= 0.6 is 0 Å². The van der Waals surface area contributed by atoms with Crippen LogP contribution in [0.15, 0.2) is 78.9 Å². The molecule has 2 aliphatic rings. The Morgan fingerprint density at radius 2 is 1.60 bits per heavy atom. The lowest BCUT2D eigenvalue weighted by atomic mass is 9.95. The van der Waals surface area contributed by atoms with E-state index in [4.69, 9.17) is 0 Å². The fraction of sp³-hybridized carbons (Fsp3) is 0.276. The molecule has 0 aromatic heterocycles. The number of aliphatic carboxylic acids is 1. The zero-order valence-corrected chi connectivity index (χ0v) is 19.7. The Balaban J connectivity index is 1.31. The predicted octanol–water partition coefficient (Wildman–Crippen LogP) is 4.17. The Hall–Kier alpha value is -3.93. The molecule has 1 unspecified atom stereocenters. The molecule has 0 radical (unpaired) electrons. The van der Waals surface area contributed by atoms with Gasteiger partial charge in [-0.25, -0.2) is 4.79 Å². The van der Waals surface area contributed by atoms with Gasteiger partial charge in [-0.3, -0.25) is 9.59 Å². The number of likely N-dealkylation sites (tertiary alicyclic amines) is 1. The minimum atomic E-state index is -1.02. The minimum Gasteiger partial charge on any atom is -0.480 e. The van der Waals surface area contributed by atoms with Crippen LogP contribution in [-0.4, -0.2) is 57.4 Å². The molecule has 2 atom stereocenters. The monoisotopic (exact) mass is 468 g/mol. The van der Waals surface area contributed by atoms with Gasteiger partial charge in [-0.1, -0.05) is 72.3 Å². The van der Waals surface area contributed by atoms with E-state index in [0.29, 0.717) is 24.9 Å².